The lowest BCUT2D eigenvalue weighted by Crippen LogP contribution is -2.43. The largest absolute Gasteiger partial charge is 0.352 e. The Balaban J connectivity index is 2.87. The maximum absolute atomic E-state index is 11.5. The highest BCUT2D eigenvalue weighted by atomic mass is 79.9. The summed E-state index contributed by atoms with van der Waals surface area (Å²) in [4.78, 5) is 23.1. The van der Waals surface area contributed by atoms with Gasteiger partial charge in [-0.3, -0.25) is 14.9 Å². The second kappa shape index (κ2) is 3.25. The summed E-state index contributed by atoms with van der Waals surface area (Å²) in [5, 5.41) is 10.6. The molecule has 0 saturated carbocycles. The summed E-state index contributed by atoms with van der Waals surface area (Å²) in [5.74, 6) is -0.437. The van der Waals surface area contributed by atoms with E-state index in [-0.39, 0.29) is 12.5 Å². The number of nitro groups is 1. The number of carbonyl (C=O) groups is 1. The predicted octanol–water partition coefficient (Wildman–Crippen LogP) is 0.995. The maximum atomic E-state index is 11.5. The highest BCUT2D eigenvalue weighted by Crippen LogP contribution is 2.33. The van der Waals surface area contributed by atoms with Crippen LogP contribution in [0.1, 0.15) is 20.3 Å². The van der Waals surface area contributed by atoms with Gasteiger partial charge < -0.3 is 4.90 Å². The molecule has 1 amide bonds. The molecule has 1 atom stereocenters. The first-order valence-electron chi connectivity index (χ1n) is 4.04. The zero-order valence-electron chi connectivity index (χ0n) is 7.49. The van der Waals surface area contributed by atoms with Gasteiger partial charge in [-0.2, -0.15) is 0 Å². The lowest BCUT2D eigenvalue weighted by Gasteiger charge is -2.20. The van der Waals surface area contributed by atoms with Crippen LogP contribution >= 0.6 is 15.9 Å². The zero-order valence-corrected chi connectivity index (χ0v) is 9.07. The van der Waals surface area contributed by atoms with Crippen molar-refractivity contribution in [3.8, 4) is 0 Å². The number of rotatable bonds is 2. The molecule has 1 aliphatic rings. The molecule has 0 aromatic heterocycles. The number of alkyl halides is 1. The number of nitrogens with zero attached hydrogens (tertiary/aromatic N) is 2. The van der Waals surface area contributed by atoms with Gasteiger partial charge in [-0.25, -0.2) is 0 Å². The molecule has 0 aromatic carbocycles. The Bertz CT molecular complexity index is 256. The highest BCUT2D eigenvalue weighted by Gasteiger charge is 2.56. The molecule has 1 heterocycles. The lowest BCUT2D eigenvalue weighted by molar-refractivity contribution is -0.518. The number of halogens is 1. The van der Waals surface area contributed by atoms with Crippen LogP contribution in [0, 0.1) is 10.1 Å². The van der Waals surface area contributed by atoms with E-state index in [9.17, 15) is 14.9 Å². The Morgan fingerprint density at radius 1 is 1.69 bits per heavy atom. The van der Waals surface area contributed by atoms with Crippen molar-refractivity contribution in [3.05, 3.63) is 10.1 Å². The molecule has 0 N–H and O–H groups in total. The molecule has 6 heteroatoms. The first kappa shape index (κ1) is 10.4. The van der Waals surface area contributed by atoms with E-state index in [1.165, 1.54) is 4.90 Å². The number of hydrogen-bond acceptors (Lipinski definition) is 3. The number of likely N-dealkylation sites (tertiary alicyclic amines) is 1. The van der Waals surface area contributed by atoms with Gasteiger partial charge in [0.1, 0.15) is 0 Å². The van der Waals surface area contributed by atoms with E-state index in [4.69, 9.17) is 0 Å². The second-order valence-electron chi connectivity index (χ2n) is 3.36. The van der Waals surface area contributed by atoms with Crippen LogP contribution in [-0.2, 0) is 4.79 Å². The third-order valence-electron chi connectivity index (χ3n) is 2.19. The maximum Gasteiger partial charge on any atom is 0.352 e. The molecule has 1 unspecified atom stereocenters. The first-order valence-corrected chi connectivity index (χ1v) is 4.83. The molecule has 1 rings (SSSR count). The van der Waals surface area contributed by atoms with Crippen molar-refractivity contribution in [2.45, 2.75) is 30.8 Å². The van der Waals surface area contributed by atoms with Crippen molar-refractivity contribution in [2.75, 3.05) is 6.54 Å². The van der Waals surface area contributed by atoms with Crippen LogP contribution in [0.25, 0.3) is 0 Å². The van der Waals surface area contributed by atoms with Crippen molar-refractivity contribution in [3.63, 3.8) is 0 Å². The highest BCUT2D eigenvalue weighted by molar-refractivity contribution is 9.10. The standard InChI is InChI=1S/C7H11BrN2O3/c1-5(2)9-4-3-7(8,6(9)11)10(12)13/h5H,3-4H2,1-2H3. The van der Waals surface area contributed by atoms with Crippen molar-refractivity contribution in [2.24, 2.45) is 0 Å². The van der Waals surface area contributed by atoms with Crippen LogP contribution in [0.4, 0.5) is 0 Å². The fourth-order valence-corrected chi connectivity index (χ4v) is 1.76. The Kier molecular flexibility index (Phi) is 2.61. The van der Waals surface area contributed by atoms with E-state index >= 15 is 0 Å². The average Bonchev–Trinajstić information content (AvgIpc) is 2.30. The molecule has 1 saturated heterocycles. The number of carbonyl (C=O) groups excluding carboxylic acids is 1. The average molecular weight is 251 g/mol. The van der Waals surface area contributed by atoms with Crippen LogP contribution in [0.5, 0.6) is 0 Å². The van der Waals surface area contributed by atoms with E-state index in [0.29, 0.717) is 6.54 Å². The summed E-state index contributed by atoms with van der Waals surface area (Å²) in [5.41, 5.74) is 0. The Hall–Kier alpha value is -0.650. The smallest absolute Gasteiger partial charge is 0.333 e. The minimum absolute atomic E-state index is 0.0203. The molecule has 0 spiro atoms. The fraction of sp³-hybridized carbons (Fsp3) is 0.857. The van der Waals surface area contributed by atoms with Gasteiger partial charge in [-0.05, 0) is 13.8 Å². The van der Waals surface area contributed by atoms with Gasteiger partial charge in [0.15, 0.2) is 0 Å². The number of amides is 1. The molecule has 0 radical (unpaired) electrons. The van der Waals surface area contributed by atoms with E-state index in [2.05, 4.69) is 15.9 Å². The Labute approximate surface area is 84.4 Å². The third-order valence-corrected chi connectivity index (χ3v) is 3.21. The van der Waals surface area contributed by atoms with E-state index in [1.807, 2.05) is 13.8 Å². The van der Waals surface area contributed by atoms with Gasteiger partial charge in [0.05, 0.1) is 6.42 Å². The van der Waals surface area contributed by atoms with Gasteiger partial charge >= 0.3 is 10.4 Å². The summed E-state index contributed by atoms with van der Waals surface area (Å²) >= 11 is 2.89. The molecular weight excluding hydrogens is 240 g/mol. The third kappa shape index (κ3) is 1.54. The molecule has 1 fully saturated rings. The molecule has 0 aliphatic carbocycles. The normalized spacial score (nSPS) is 28.6. The quantitative estimate of drug-likeness (QED) is 0.318. The molecule has 5 nitrogen and oxygen atoms in total. The van der Waals surface area contributed by atoms with Crippen molar-refractivity contribution in [1.29, 1.82) is 0 Å². The molecule has 0 aromatic rings. The van der Waals surface area contributed by atoms with Gasteiger partial charge in [0.25, 0.3) is 0 Å². The Morgan fingerprint density at radius 2 is 2.23 bits per heavy atom. The molecule has 74 valence electrons. The van der Waals surface area contributed by atoms with E-state index in [0.717, 1.165) is 0 Å². The topological polar surface area (TPSA) is 63.4 Å². The molecule has 13 heavy (non-hydrogen) atoms. The lowest BCUT2D eigenvalue weighted by atomic mass is 10.3. The van der Waals surface area contributed by atoms with E-state index in [1.54, 1.807) is 0 Å². The predicted molar refractivity (Wildman–Crippen MR) is 50.1 cm³/mol. The minimum Gasteiger partial charge on any atom is -0.333 e. The second-order valence-corrected chi connectivity index (χ2v) is 4.67. The SMILES string of the molecule is CC(C)N1CCC(Br)([N+](=O)[O-])C1=O. The minimum atomic E-state index is -1.57. The van der Waals surface area contributed by atoms with Crippen LogP contribution in [0.15, 0.2) is 0 Å². The van der Waals surface area contributed by atoms with Crippen molar-refractivity contribution in [1.82, 2.24) is 4.90 Å². The van der Waals surface area contributed by atoms with E-state index < -0.39 is 15.3 Å². The number of hydrogen-bond donors (Lipinski definition) is 0. The van der Waals surface area contributed by atoms with Crippen LogP contribution < -0.4 is 0 Å². The molecular formula is C7H11BrN2O3. The first-order chi connectivity index (χ1) is 5.89. The summed E-state index contributed by atoms with van der Waals surface area (Å²) in [7, 11) is 0. The van der Waals surface area contributed by atoms with Crippen LogP contribution in [-0.4, -0.2) is 32.8 Å². The monoisotopic (exact) mass is 250 g/mol. The van der Waals surface area contributed by atoms with Crippen LogP contribution in [0.2, 0.25) is 0 Å². The van der Waals surface area contributed by atoms with Gasteiger partial charge in [0.2, 0.25) is 0 Å². The van der Waals surface area contributed by atoms with Crippen molar-refractivity contribution >= 4 is 21.8 Å². The Morgan fingerprint density at radius 3 is 2.46 bits per heavy atom. The molecule has 1 aliphatic heterocycles. The zero-order chi connectivity index (χ0) is 10.2. The van der Waals surface area contributed by atoms with Gasteiger partial charge in [-0.15, -0.1) is 0 Å². The summed E-state index contributed by atoms with van der Waals surface area (Å²) < 4.78 is -1.57. The van der Waals surface area contributed by atoms with Gasteiger partial charge in [-0.1, -0.05) is 0 Å². The van der Waals surface area contributed by atoms with Crippen molar-refractivity contribution < 1.29 is 9.72 Å². The fourth-order valence-electron chi connectivity index (χ4n) is 1.36. The molecule has 0 bridgehead atoms. The van der Waals surface area contributed by atoms with Crippen LogP contribution in [0.3, 0.4) is 0 Å². The van der Waals surface area contributed by atoms with Gasteiger partial charge in [0, 0.05) is 33.4 Å². The summed E-state index contributed by atoms with van der Waals surface area (Å²) in [6.45, 7) is 4.13. The summed E-state index contributed by atoms with van der Waals surface area (Å²) in [6, 6.07) is 0.0203. The summed E-state index contributed by atoms with van der Waals surface area (Å²) in [6.07, 6.45) is 0.233.